The largest absolute Gasteiger partial charge is 0.496 e. The number of ether oxygens (including phenoxy) is 2. The fourth-order valence-electron chi connectivity index (χ4n) is 1.54. The molecule has 8 heteroatoms. The molecule has 0 aliphatic heterocycles. The van der Waals surface area contributed by atoms with Gasteiger partial charge in [-0.1, -0.05) is 0 Å². The number of benzene rings is 1. The Morgan fingerprint density at radius 1 is 1.21 bits per heavy atom. The van der Waals surface area contributed by atoms with Crippen LogP contribution in [-0.4, -0.2) is 47.5 Å². The number of methoxy groups -OCH3 is 2. The average Bonchev–Trinajstić information content (AvgIpc) is 2.34. The molecule has 0 radical (unpaired) electrons. The third-order valence-electron chi connectivity index (χ3n) is 2.39. The second-order valence-corrected chi connectivity index (χ2v) is 6.35. The Balaban J connectivity index is 3.70. The van der Waals surface area contributed by atoms with Crippen LogP contribution < -0.4 is 9.47 Å². The van der Waals surface area contributed by atoms with Gasteiger partial charge in [0.25, 0.3) is 15.0 Å². The van der Waals surface area contributed by atoms with Gasteiger partial charge in [0.2, 0.25) is 0 Å². The number of carbonyl (C=O) groups excluding carboxylic acids is 1. The smallest absolute Gasteiger partial charge is 0.265 e. The molecule has 19 heavy (non-hydrogen) atoms. The molecule has 0 unspecified atom stereocenters. The summed E-state index contributed by atoms with van der Waals surface area (Å²) in [7, 11) is 6.98. The number of amides is 1. The van der Waals surface area contributed by atoms with Gasteiger partial charge in [-0.25, -0.2) is 8.42 Å². The lowest BCUT2D eigenvalue weighted by Gasteiger charge is -2.17. The third-order valence-corrected chi connectivity index (χ3v) is 3.74. The summed E-state index contributed by atoms with van der Waals surface area (Å²) in [4.78, 5) is 13.1. The molecule has 0 fully saturated rings. The van der Waals surface area contributed by atoms with Crippen LogP contribution >= 0.6 is 10.7 Å². The van der Waals surface area contributed by atoms with E-state index in [0.717, 1.165) is 0 Å². The Bertz CT molecular complexity index is 597. The molecule has 0 N–H and O–H groups in total. The van der Waals surface area contributed by atoms with Crippen LogP contribution in [0.25, 0.3) is 0 Å². The van der Waals surface area contributed by atoms with Crippen molar-refractivity contribution in [3.8, 4) is 11.5 Å². The zero-order valence-corrected chi connectivity index (χ0v) is 12.5. The molecule has 0 aliphatic rings. The van der Waals surface area contributed by atoms with Crippen molar-refractivity contribution in [2.75, 3.05) is 28.3 Å². The van der Waals surface area contributed by atoms with Crippen LogP contribution in [-0.2, 0) is 9.05 Å². The maximum atomic E-state index is 12.1. The lowest BCUT2D eigenvalue weighted by Crippen LogP contribution is -2.23. The van der Waals surface area contributed by atoms with Gasteiger partial charge in [0.15, 0.2) is 5.75 Å². The van der Waals surface area contributed by atoms with E-state index in [-0.39, 0.29) is 22.0 Å². The number of hydrogen-bond acceptors (Lipinski definition) is 5. The Morgan fingerprint density at radius 3 is 2.16 bits per heavy atom. The molecular weight excluding hydrogens is 294 g/mol. The molecular formula is C11H14ClNO5S. The highest BCUT2D eigenvalue weighted by Crippen LogP contribution is 2.36. The topological polar surface area (TPSA) is 72.9 Å². The van der Waals surface area contributed by atoms with E-state index in [1.165, 1.54) is 45.3 Å². The average molecular weight is 308 g/mol. The summed E-state index contributed by atoms with van der Waals surface area (Å²) < 4.78 is 33.0. The number of nitrogens with zero attached hydrogens (tertiary/aromatic N) is 1. The molecule has 1 aromatic carbocycles. The van der Waals surface area contributed by atoms with E-state index in [9.17, 15) is 13.2 Å². The van der Waals surface area contributed by atoms with E-state index in [1.807, 2.05) is 0 Å². The fourth-order valence-corrected chi connectivity index (χ4v) is 2.54. The first-order chi connectivity index (χ1) is 8.73. The van der Waals surface area contributed by atoms with Crippen molar-refractivity contribution < 1.29 is 22.7 Å². The van der Waals surface area contributed by atoms with Crippen LogP contribution in [0.5, 0.6) is 11.5 Å². The fraction of sp³-hybridized carbons (Fsp3) is 0.364. The molecule has 1 rings (SSSR count). The summed E-state index contributed by atoms with van der Waals surface area (Å²) in [6, 6.07) is 2.58. The first kappa shape index (κ1) is 15.6. The number of halogens is 1. The molecule has 0 aliphatic carbocycles. The summed E-state index contributed by atoms with van der Waals surface area (Å²) in [5.74, 6) is -0.372. The minimum Gasteiger partial charge on any atom is -0.496 e. The Labute approximate surface area is 116 Å². The predicted molar refractivity (Wildman–Crippen MR) is 70.6 cm³/mol. The molecule has 0 heterocycles. The van der Waals surface area contributed by atoms with Crippen LogP contribution in [0, 0.1) is 0 Å². The summed E-state index contributed by atoms with van der Waals surface area (Å²) in [6.07, 6.45) is 0. The molecule has 0 atom stereocenters. The quantitative estimate of drug-likeness (QED) is 0.785. The van der Waals surface area contributed by atoms with Crippen molar-refractivity contribution in [2.45, 2.75) is 4.90 Å². The molecule has 6 nitrogen and oxygen atoms in total. The zero-order chi connectivity index (χ0) is 14.8. The van der Waals surface area contributed by atoms with E-state index in [4.69, 9.17) is 20.2 Å². The maximum absolute atomic E-state index is 12.1. The monoisotopic (exact) mass is 307 g/mol. The molecule has 0 spiro atoms. The summed E-state index contributed by atoms with van der Waals surface area (Å²) in [5, 5.41) is 0. The first-order valence-corrected chi connectivity index (χ1v) is 7.46. The van der Waals surface area contributed by atoms with E-state index in [1.54, 1.807) is 0 Å². The van der Waals surface area contributed by atoms with E-state index < -0.39 is 15.0 Å². The molecule has 0 aromatic heterocycles. The number of rotatable bonds is 4. The number of hydrogen-bond donors (Lipinski definition) is 0. The molecule has 0 saturated heterocycles. The first-order valence-electron chi connectivity index (χ1n) is 5.15. The van der Waals surface area contributed by atoms with Crippen molar-refractivity contribution in [2.24, 2.45) is 0 Å². The highest BCUT2D eigenvalue weighted by molar-refractivity contribution is 8.13. The lowest BCUT2D eigenvalue weighted by atomic mass is 10.1. The van der Waals surface area contributed by atoms with E-state index in [2.05, 4.69) is 0 Å². The normalized spacial score (nSPS) is 11.0. The summed E-state index contributed by atoms with van der Waals surface area (Å²) >= 11 is 0. The second-order valence-electron chi connectivity index (χ2n) is 3.81. The minimum absolute atomic E-state index is 0.0109. The van der Waals surface area contributed by atoms with Gasteiger partial charge in [0.1, 0.15) is 16.2 Å². The number of carbonyl (C=O) groups is 1. The van der Waals surface area contributed by atoms with Crippen molar-refractivity contribution in [3.63, 3.8) is 0 Å². The maximum Gasteiger partial charge on any atom is 0.265 e. The predicted octanol–water partition coefficient (Wildman–Crippen LogP) is 1.33. The van der Waals surface area contributed by atoms with Crippen LogP contribution in [0.1, 0.15) is 10.4 Å². The zero-order valence-electron chi connectivity index (χ0n) is 10.9. The van der Waals surface area contributed by atoms with Crippen molar-refractivity contribution in [1.29, 1.82) is 0 Å². The van der Waals surface area contributed by atoms with Gasteiger partial charge < -0.3 is 14.4 Å². The summed E-state index contributed by atoms with van der Waals surface area (Å²) in [5.41, 5.74) is 0.0109. The van der Waals surface area contributed by atoms with E-state index >= 15 is 0 Å². The van der Waals surface area contributed by atoms with Crippen LogP contribution in [0.2, 0.25) is 0 Å². The van der Waals surface area contributed by atoms with Crippen LogP contribution in [0.15, 0.2) is 17.0 Å². The Morgan fingerprint density at radius 2 is 1.79 bits per heavy atom. The molecule has 1 amide bonds. The van der Waals surface area contributed by atoms with Gasteiger partial charge in [-0.3, -0.25) is 4.79 Å². The highest BCUT2D eigenvalue weighted by Gasteiger charge is 2.27. The van der Waals surface area contributed by atoms with Crippen LogP contribution in [0.3, 0.4) is 0 Å². The SMILES string of the molecule is COc1ccc(S(=O)(=O)Cl)c(OC)c1C(=O)N(C)C. The van der Waals surface area contributed by atoms with Gasteiger partial charge in [-0.2, -0.15) is 0 Å². The van der Waals surface area contributed by atoms with Crippen LogP contribution in [0.4, 0.5) is 0 Å². The van der Waals surface area contributed by atoms with Gasteiger partial charge >= 0.3 is 0 Å². The van der Waals surface area contributed by atoms with Gasteiger partial charge in [-0.05, 0) is 12.1 Å². The van der Waals surface area contributed by atoms with Gasteiger partial charge in [0.05, 0.1) is 14.2 Å². The standard InChI is InChI=1S/C11H14ClNO5S/c1-13(2)11(14)9-7(17-3)5-6-8(10(9)18-4)19(12,15)16/h5-6H,1-4H3. The Hall–Kier alpha value is -1.47. The Kier molecular flexibility index (Phi) is 4.65. The lowest BCUT2D eigenvalue weighted by molar-refractivity contribution is 0.0820. The highest BCUT2D eigenvalue weighted by atomic mass is 35.7. The summed E-state index contributed by atoms with van der Waals surface area (Å²) in [6.45, 7) is 0. The minimum atomic E-state index is -4.03. The van der Waals surface area contributed by atoms with Crippen molar-refractivity contribution in [1.82, 2.24) is 4.90 Å². The van der Waals surface area contributed by atoms with Gasteiger partial charge in [0, 0.05) is 24.8 Å². The molecule has 0 saturated carbocycles. The molecule has 1 aromatic rings. The molecule has 0 bridgehead atoms. The van der Waals surface area contributed by atoms with E-state index in [0.29, 0.717) is 0 Å². The van der Waals surface area contributed by atoms with Gasteiger partial charge in [-0.15, -0.1) is 0 Å². The second kappa shape index (κ2) is 5.66. The van der Waals surface area contributed by atoms with Crippen molar-refractivity contribution in [3.05, 3.63) is 17.7 Å². The third kappa shape index (κ3) is 3.10. The van der Waals surface area contributed by atoms with Crippen molar-refractivity contribution >= 4 is 25.6 Å². The molecule has 106 valence electrons.